The van der Waals surface area contributed by atoms with Crippen molar-refractivity contribution in [1.82, 2.24) is 4.98 Å². The van der Waals surface area contributed by atoms with Crippen molar-refractivity contribution in [3.63, 3.8) is 0 Å². The van der Waals surface area contributed by atoms with Crippen molar-refractivity contribution in [3.05, 3.63) is 71.0 Å². The number of allylic oxidation sites excluding steroid dienone is 1. The van der Waals surface area contributed by atoms with Crippen LogP contribution in [0.5, 0.6) is 0 Å². The second-order valence-electron chi connectivity index (χ2n) is 4.59. The normalized spacial score (nSPS) is 11.3. The Morgan fingerprint density at radius 3 is 2.55 bits per heavy atom. The number of esters is 1. The van der Waals surface area contributed by atoms with Crippen molar-refractivity contribution in [2.45, 2.75) is 6.42 Å². The van der Waals surface area contributed by atoms with Crippen LogP contribution < -0.4 is 0 Å². The fourth-order valence-electron chi connectivity index (χ4n) is 1.87. The van der Waals surface area contributed by atoms with Crippen LogP contribution in [-0.2, 0) is 16.0 Å². The van der Waals surface area contributed by atoms with Gasteiger partial charge in [0.2, 0.25) is 11.5 Å². The number of halogens is 1. The number of rotatable bonds is 5. The monoisotopic (exact) mass is 303 g/mol. The van der Waals surface area contributed by atoms with Crippen LogP contribution in [0.15, 0.2) is 48.2 Å². The minimum atomic E-state index is -0.980. The molecule has 0 aliphatic carbocycles. The topological polar surface area (TPSA) is 79.4 Å². The van der Waals surface area contributed by atoms with E-state index < -0.39 is 17.5 Å². The standard InChI is InChI=1S/C16H14FNO4/c1-22-16(21)15(20)9-14(19)13-7-6-12(18-13)8-10-2-4-11(17)5-3-10/h2-7,9,18,20H,8H2,1H3. The van der Waals surface area contributed by atoms with Gasteiger partial charge in [0, 0.05) is 18.2 Å². The molecular weight excluding hydrogens is 289 g/mol. The Morgan fingerprint density at radius 2 is 1.91 bits per heavy atom. The first kappa shape index (κ1) is 15.5. The van der Waals surface area contributed by atoms with Gasteiger partial charge in [0.15, 0.2) is 0 Å². The molecule has 1 aromatic carbocycles. The van der Waals surface area contributed by atoms with E-state index in [4.69, 9.17) is 0 Å². The summed E-state index contributed by atoms with van der Waals surface area (Å²) >= 11 is 0. The first-order valence-electron chi connectivity index (χ1n) is 6.45. The van der Waals surface area contributed by atoms with Crippen LogP contribution in [0.3, 0.4) is 0 Å². The van der Waals surface area contributed by atoms with E-state index in [0.717, 1.165) is 24.4 Å². The predicted octanol–water partition coefficient (Wildman–Crippen LogP) is 2.54. The number of hydrogen-bond donors (Lipinski definition) is 2. The molecule has 6 heteroatoms. The van der Waals surface area contributed by atoms with Crippen LogP contribution in [0, 0.1) is 5.82 Å². The van der Waals surface area contributed by atoms with Gasteiger partial charge in [0.05, 0.1) is 12.8 Å². The largest absolute Gasteiger partial charge is 0.502 e. The molecule has 114 valence electrons. The fourth-order valence-corrected chi connectivity index (χ4v) is 1.87. The van der Waals surface area contributed by atoms with Crippen molar-refractivity contribution in [3.8, 4) is 0 Å². The Kier molecular flexibility index (Phi) is 4.73. The Morgan fingerprint density at radius 1 is 1.23 bits per heavy atom. The number of benzene rings is 1. The summed E-state index contributed by atoms with van der Waals surface area (Å²) in [5.74, 6) is -2.60. The molecule has 0 aliphatic rings. The molecule has 2 aromatic rings. The minimum absolute atomic E-state index is 0.229. The van der Waals surface area contributed by atoms with Gasteiger partial charge in [0.1, 0.15) is 5.82 Å². The molecule has 0 spiro atoms. The van der Waals surface area contributed by atoms with Crippen LogP contribution in [0.25, 0.3) is 0 Å². The van der Waals surface area contributed by atoms with Gasteiger partial charge in [-0.15, -0.1) is 0 Å². The van der Waals surface area contributed by atoms with E-state index in [1.807, 2.05) is 0 Å². The zero-order valence-corrected chi connectivity index (χ0v) is 11.8. The van der Waals surface area contributed by atoms with Gasteiger partial charge in [0.25, 0.3) is 0 Å². The van der Waals surface area contributed by atoms with Crippen LogP contribution in [-0.4, -0.2) is 29.0 Å². The van der Waals surface area contributed by atoms with Gasteiger partial charge in [-0.25, -0.2) is 9.18 Å². The summed E-state index contributed by atoms with van der Waals surface area (Å²) in [6.45, 7) is 0. The molecule has 2 rings (SSSR count). The average Bonchev–Trinajstić information content (AvgIpc) is 2.97. The van der Waals surface area contributed by atoms with E-state index in [0.29, 0.717) is 6.42 Å². The number of ether oxygens (including phenoxy) is 1. The lowest BCUT2D eigenvalue weighted by atomic mass is 10.1. The maximum atomic E-state index is 12.8. The lowest BCUT2D eigenvalue weighted by Crippen LogP contribution is -2.07. The zero-order valence-electron chi connectivity index (χ0n) is 11.8. The van der Waals surface area contributed by atoms with Gasteiger partial charge < -0.3 is 14.8 Å². The number of aliphatic hydroxyl groups excluding tert-OH is 1. The van der Waals surface area contributed by atoms with Crippen LogP contribution in [0.4, 0.5) is 4.39 Å². The molecule has 0 bridgehead atoms. The Balaban J connectivity index is 2.09. The summed E-state index contributed by atoms with van der Waals surface area (Å²) in [5, 5.41) is 9.33. The zero-order chi connectivity index (χ0) is 16.1. The van der Waals surface area contributed by atoms with E-state index in [1.165, 1.54) is 12.1 Å². The number of carbonyl (C=O) groups is 2. The van der Waals surface area contributed by atoms with Crippen LogP contribution in [0.2, 0.25) is 0 Å². The molecule has 1 aromatic heterocycles. The number of hydrogen-bond acceptors (Lipinski definition) is 4. The highest BCUT2D eigenvalue weighted by Gasteiger charge is 2.12. The highest BCUT2D eigenvalue weighted by atomic mass is 19.1. The lowest BCUT2D eigenvalue weighted by molar-refractivity contribution is -0.139. The molecule has 0 amide bonds. The second kappa shape index (κ2) is 6.71. The summed E-state index contributed by atoms with van der Waals surface area (Å²) in [6, 6.07) is 9.28. The summed E-state index contributed by atoms with van der Waals surface area (Å²) in [7, 11) is 1.10. The number of H-pyrrole nitrogens is 1. The fraction of sp³-hybridized carbons (Fsp3) is 0.125. The number of methoxy groups -OCH3 is 1. The summed E-state index contributed by atoms with van der Waals surface area (Å²) < 4.78 is 17.1. The number of aromatic amines is 1. The van der Waals surface area contributed by atoms with Crippen molar-refractivity contribution in [2.75, 3.05) is 7.11 Å². The quantitative estimate of drug-likeness (QED) is 0.385. The Hall–Kier alpha value is -2.89. The van der Waals surface area contributed by atoms with Crippen LogP contribution in [0.1, 0.15) is 21.7 Å². The molecule has 0 aliphatic heterocycles. The molecule has 0 radical (unpaired) electrons. The lowest BCUT2D eigenvalue weighted by Gasteiger charge is -1.99. The Bertz CT molecular complexity index is 716. The third-order valence-electron chi connectivity index (χ3n) is 2.98. The number of aromatic nitrogens is 1. The maximum Gasteiger partial charge on any atom is 0.373 e. The van der Waals surface area contributed by atoms with Gasteiger partial charge in [-0.05, 0) is 29.8 Å². The molecule has 0 unspecified atom stereocenters. The SMILES string of the molecule is COC(=O)C(O)=CC(=O)c1ccc(Cc2ccc(F)cc2)[nH]1. The molecule has 5 nitrogen and oxygen atoms in total. The molecule has 1 heterocycles. The number of nitrogens with one attached hydrogen (secondary N) is 1. The van der Waals surface area contributed by atoms with Gasteiger partial charge in [-0.3, -0.25) is 4.79 Å². The second-order valence-corrected chi connectivity index (χ2v) is 4.59. The minimum Gasteiger partial charge on any atom is -0.502 e. The molecule has 22 heavy (non-hydrogen) atoms. The van der Waals surface area contributed by atoms with Crippen molar-refractivity contribution in [1.29, 1.82) is 0 Å². The van der Waals surface area contributed by atoms with Crippen molar-refractivity contribution < 1.29 is 23.8 Å². The van der Waals surface area contributed by atoms with E-state index in [9.17, 15) is 19.1 Å². The van der Waals surface area contributed by atoms with Crippen molar-refractivity contribution in [2.24, 2.45) is 0 Å². The molecule has 0 saturated carbocycles. The summed E-state index contributed by atoms with van der Waals surface area (Å²) in [5.41, 5.74) is 1.86. The van der Waals surface area contributed by atoms with Crippen molar-refractivity contribution >= 4 is 11.8 Å². The number of ketones is 1. The molecule has 0 fully saturated rings. The summed E-state index contributed by atoms with van der Waals surface area (Å²) in [6.07, 6.45) is 1.29. The third kappa shape index (κ3) is 3.82. The summed E-state index contributed by atoms with van der Waals surface area (Å²) in [4.78, 5) is 25.8. The molecule has 0 saturated heterocycles. The van der Waals surface area contributed by atoms with Gasteiger partial charge in [-0.1, -0.05) is 12.1 Å². The number of carbonyl (C=O) groups excluding carboxylic acids is 2. The Labute approximate surface area is 126 Å². The molecule has 2 N–H and O–H groups in total. The first-order valence-corrected chi connectivity index (χ1v) is 6.45. The first-order chi connectivity index (χ1) is 10.5. The highest BCUT2D eigenvalue weighted by Crippen LogP contribution is 2.11. The highest BCUT2D eigenvalue weighted by molar-refractivity contribution is 6.06. The smallest absolute Gasteiger partial charge is 0.373 e. The van der Waals surface area contributed by atoms with Crippen LogP contribution >= 0.6 is 0 Å². The van der Waals surface area contributed by atoms with E-state index in [-0.39, 0.29) is 11.5 Å². The van der Waals surface area contributed by atoms with E-state index in [2.05, 4.69) is 9.72 Å². The van der Waals surface area contributed by atoms with Gasteiger partial charge >= 0.3 is 5.97 Å². The van der Waals surface area contributed by atoms with E-state index >= 15 is 0 Å². The predicted molar refractivity (Wildman–Crippen MR) is 77.1 cm³/mol. The van der Waals surface area contributed by atoms with E-state index in [1.54, 1.807) is 24.3 Å². The molecule has 0 atom stereocenters. The maximum absolute atomic E-state index is 12.8. The average molecular weight is 303 g/mol. The molecular formula is C16H14FNO4. The van der Waals surface area contributed by atoms with Gasteiger partial charge in [-0.2, -0.15) is 0 Å². The third-order valence-corrected chi connectivity index (χ3v) is 2.98. The number of aliphatic hydroxyl groups is 1.